The van der Waals surface area contributed by atoms with Crippen molar-refractivity contribution in [2.24, 2.45) is 28.2 Å². The summed E-state index contributed by atoms with van der Waals surface area (Å²) in [6.07, 6.45) is 3.14. The van der Waals surface area contributed by atoms with Crippen molar-refractivity contribution in [1.29, 1.82) is 0 Å². The second-order valence-electron chi connectivity index (χ2n) is 7.08. The molecule has 2 atom stereocenters. The third-order valence-electron chi connectivity index (χ3n) is 5.11. The molecule has 2 heteroatoms. The van der Waals surface area contributed by atoms with E-state index in [4.69, 9.17) is 11.5 Å². The zero-order chi connectivity index (χ0) is 13.9. The van der Waals surface area contributed by atoms with Gasteiger partial charge in [0.15, 0.2) is 0 Å². The molecule has 0 radical (unpaired) electrons. The van der Waals surface area contributed by atoms with Crippen molar-refractivity contribution >= 4 is 0 Å². The summed E-state index contributed by atoms with van der Waals surface area (Å²) in [5.41, 5.74) is 12.9. The lowest BCUT2D eigenvalue weighted by Gasteiger charge is -2.47. The highest BCUT2D eigenvalue weighted by atomic mass is 14.8. The molecule has 0 aromatic heterocycles. The van der Waals surface area contributed by atoms with Gasteiger partial charge in [0.25, 0.3) is 0 Å². The third-order valence-corrected chi connectivity index (χ3v) is 5.11. The minimum Gasteiger partial charge on any atom is -0.326 e. The number of rotatable bonds is 7. The lowest BCUT2D eigenvalue weighted by atomic mass is 9.59. The summed E-state index contributed by atoms with van der Waals surface area (Å²) in [6, 6.07) is 0.255. The van der Waals surface area contributed by atoms with Gasteiger partial charge >= 0.3 is 0 Å². The maximum atomic E-state index is 6.26. The zero-order valence-corrected chi connectivity index (χ0v) is 13.0. The fourth-order valence-electron chi connectivity index (χ4n) is 2.33. The molecule has 0 rings (SSSR count). The third kappa shape index (κ3) is 4.26. The molecule has 0 fully saturated rings. The van der Waals surface area contributed by atoms with Crippen LogP contribution in [0.2, 0.25) is 0 Å². The summed E-state index contributed by atoms with van der Waals surface area (Å²) in [4.78, 5) is 0. The van der Waals surface area contributed by atoms with Crippen molar-refractivity contribution in [1.82, 2.24) is 0 Å². The number of hydrogen-bond acceptors (Lipinski definition) is 2. The lowest BCUT2D eigenvalue weighted by Crippen LogP contribution is -2.48. The SMILES string of the molecule is CCCC(N)C(N)CC(C)(C)C(C)(C)C(C)C. The van der Waals surface area contributed by atoms with Crippen molar-refractivity contribution in [3.63, 3.8) is 0 Å². The smallest absolute Gasteiger partial charge is 0.0197 e. The van der Waals surface area contributed by atoms with Gasteiger partial charge in [-0.05, 0) is 29.6 Å². The summed E-state index contributed by atoms with van der Waals surface area (Å²) in [5.74, 6) is 0.645. The predicted octanol–water partition coefficient (Wildman–Crippen LogP) is 3.54. The van der Waals surface area contributed by atoms with Crippen molar-refractivity contribution in [2.75, 3.05) is 0 Å². The lowest BCUT2D eigenvalue weighted by molar-refractivity contribution is 0.0388. The maximum absolute atomic E-state index is 6.26. The van der Waals surface area contributed by atoms with Crippen LogP contribution in [-0.2, 0) is 0 Å². The molecule has 0 spiro atoms. The van der Waals surface area contributed by atoms with Gasteiger partial charge < -0.3 is 11.5 Å². The van der Waals surface area contributed by atoms with Gasteiger partial charge in [0, 0.05) is 12.1 Å². The Morgan fingerprint density at radius 2 is 1.41 bits per heavy atom. The largest absolute Gasteiger partial charge is 0.326 e. The molecule has 0 saturated carbocycles. The Labute approximate surface area is 109 Å². The van der Waals surface area contributed by atoms with E-state index in [0.29, 0.717) is 5.92 Å². The highest BCUT2D eigenvalue weighted by Gasteiger charge is 2.40. The van der Waals surface area contributed by atoms with Gasteiger partial charge in [0.2, 0.25) is 0 Å². The molecule has 4 N–H and O–H groups in total. The van der Waals surface area contributed by atoms with Gasteiger partial charge in [-0.15, -0.1) is 0 Å². The first-order valence-electron chi connectivity index (χ1n) is 7.07. The van der Waals surface area contributed by atoms with E-state index in [2.05, 4.69) is 48.5 Å². The van der Waals surface area contributed by atoms with Crippen LogP contribution in [0.1, 0.15) is 67.7 Å². The molecule has 0 aliphatic heterocycles. The maximum Gasteiger partial charge on any atom is 0.0197 e. The van der Waals surface area contributed by atoms with Crippen LogP contribution in [0.5, 0.6) is 0 Å². The van der Waals surface area contributed by atoms with Crippen molar-refractivity contribution in [3.05, 3.63) is 0 Å². The quantitative estimate of drug-likeness (QED) is 0.717. The van der Waals surface area contributed by atoms with Crippen LogP contribution in [0.25, 0.3) is 0 Å². The molecule has 0 saturated heterocycles. The molecule has 104 valence electrons. The Hall–Kier alpha value is -0.0800. The van der Waals surface area contributed by atoms with Gasteiger partial charge in [-0.1, -0.05) is 54.9 Å². The normalized spacial score (nSPS) is 17.3. The molecular weight excluding hydrogens is 208 g/mol. The average Bonchev–Trinajstić information content (AvgIpc) is 2.16. The van der Waals surface area contributed by atoms with E-state index in [-0.39, 0.29) is 22.9 Å². The molecule has 0 amide bonds. The monoisotopic (exact) mass is 242 g/mol. The topological polar surface area (TPSA) is 52.0 Å². The molecular formula is C15H34N2. The molecule has 2 nitrogen and oxygen atoms in total. The van der Waals surface area contributed by atoms with Crippen molar-refractivity contribution in [3.8, 4) is 0 Å². The summed E-state index contributed by atoms with van der Waals surface area (Å²) in [7, 11) is 0. The Morgan fingerprint density at radius 1 is 0.941 bits per heavy atom. The Kier molecular flexibility index (Phi) is 6.16. The fraction of sp³-hybridized carbons (Fsp3) is 1.00. The van der Waals surface area contributed by atoms with Gasteiger partial charge in [0.05, 0.1) is 0 Å². The van der Waals surface area contributed by atoms with Gasteiger partial charge in [-0.3, -0.25) is 0 Å². The first kappa shape index (κ1) is 16.9. The second-order valence-corrected chi connectivity index (χ2v) is 7.08. The Bertz CT molecular complexity index is 219. The molecule has 0 aliphatic rings. The Balaban J connectivity index is 4.64. The van der Waals surface area contributed by atoms with Crippen LogP contribution < -0.4 is 11.5 Å². The molecule has 2 unspecified atom stereocenters. The fourth-order valence-corrected chi connectivity index (χ4v) is 2.33. The van der Waals surface area contributed by atoms with E-state index in [1.807, 2.05) is 0 Å². The van der Waals surface area contributed by atoms with E-state index in [1.54, 1.807) is 0 Å². The molecule has 0 bridgehead atoms. The van der Waals surface area contributed by atoms with Crippen molar-refractivity contribution < 1.29 is 0 Å². The van der Waals surface area contributed by atoms with E-state index >= 15 is 0 Å². The van der Waals surface area contributed by atoms with E-state index in [1.165, 1.54) is 0 Å². The standard InChI is InChI=1S/C15H34N2/c1-8-9-12(16)13(17)10-14(4,5)15(6,7)11(2)3/h11-13H,8-10,16-17H2,1-7H3. The number of hydrogen-bond donors (Lipinski definition) is 2. The van der Waals surface area contributed by atoms with Crippen LogP contribution in [0.15, 0.2) is 0 Å². The summed E-state index contributed by atoms with van der Waals surface area (Å²) >= 11 is 0. The van der Waals surface area contributed by atoms with Crippen LogP contribution in [-0.4, -0.2) is 12.1 Å². The zero-order valence-electron chi connectivity index (χ0n) is 13.0. The van der Waals surface area contributed by atoms with Gasteiger partial charge in [-0.25, -0.2) is 0 Å². The highest BCUT2D eigenvalue weighted by molar-refractivity contribution is 4.92. The molecule has 17 heavy (non-hydrogen) atoms. The second kappa shape index (κ2) is 6.19. The highest BCUT2D eigenvalue weighted by Crippen LogP contribution is 2.47. The average molecular weight is 242 g/mol. The minimum atomic E-state index is 0.114. The molecule has 0 aromatic carbocycles. The molecule has 0 aliphatic carbocycles. The number of nitrogens with two attached hydrogens (primary N) is 2. The first-order valence-corrected chi connectivity index (χ1v) is 7.07. The van der Waals surface area contributed by atoms with Crippen LogP contribution in [0, 0.1) is 16.7 Å². The molecule has 0 aromatic rings. The van der Waals surface area contributed by atoms with Crippen LogP contribution in [0.3, 0.4) is 0 Å². The summed E-state index contributed by atoms with van der Waals surface area (Å²) in [5, 5.41) is 0. The minimum absolute atomic E-state index is 0.114. The van der Waals surface area contributed by atoms with Crippen molar-refractivity contribution in [2.45, 2.75) is 79.8 Å². The summed E-state index contributed by atoms with van der Waals surface area (Å²) < 4.78 is 0. The van der Waals surface area contributed by atoms with Crippen LogP contribution >= 0.6 is 0 Å². The summed E-state index contributed by atoms with van der Waals surface area (Å²) in [6.45, 7) is 16.1. The predicted molar refractivity (Wildman–Crippen MR) is 77.9 cm³/mol. The van der Waals surface area contributed by atoms with Gasteiger partial charge in [0.1, 0.15) is 0 Å². The van der Waals surface area contributed by atoms with E-state index < -0.39 is 0 Å². The van der Waals surface area contributed by atoms with E-state index in [0.717, 1.165) is 19.3 Å². The first-order chi connectivity index (χ1) is 7.56. The van der Waals surface area contributed by atoms with Gasteiger partial charge in [-0.2, -0.15) is 0 Å². The Morgan fingerprint density at radius 3 is 1.76 bits per heavy atom. The van der Waals surface area contributed by atoms with Crippen LogP contribution in [0.4, 0.5) is 0 Å². The molecule has 0 heterocycles. The van der Waals surface area contributed by atoms with E-state index in [9.17, 15) is 0 Å².